The summed E-state index contributed by atoms with van der Waals surface area (Å²) in [6.07, 6.45) is 2.84. The zero-order valence-corrected chi connectivity index (χ0v) is 6.17. The second-order valence-electron chi connectivity index (χ2n) is 2.80. The van der Waals surface area contributed by atoms with Crippen molar-refractivity contribution >= 4 is 5.97 Å². The molecule has 3 nitrogen and oxygen atoms in total. The molecule has 0 amide bonds. The Balaban J connectivity index is 2.24. The van der Waals surface area contributed by atoms with Crippen LogP contribution in [0.25, 0.3) is 0 Å². The Morgan fingerprint density at radius 1 is 1.60 bits per heavy atom. The van der Waals surface area contributed by atoms with Gasteiger partial charge < -0.3 is 10.5 Å². The van der Waals surface area contributed by atoms with Gasteiger partial charge in [-0.1, -0.05) is 0 Å². The average molecular weight is 143 g/mol. The van der Waals surface area contributed by atoms with E-state index in [1.165, 1.54) is 6.92 Å². The molecule has 2 unspecified atom stereocenters. The molecule has 0 heterocycles. The Kier molecular flexibility index (Phi) is 2.27. The molecule has 0 aromatic heterocycles. The Morgan fingerprint density at radius 2 is 2.30 bits per heavy atom. The van der Waals surface area contributed by atoms with E-state index in [4.69, 9.17) is 10.5 Å². The molecule has 2 N–H and O–H groups in total. The van der Waals surface area contributed by atoms with Gasteiger partial charge in [-0.3, -0.25) is 4.79 Å². The molecule has 1 aliphatic carbocycles. The van der Waals surface area contributed by atoms with Crippen LogP contribution in [0.2, 0.25) is 0 Å². The lowest BCUT2D eigenvalue weighted by atomic mass is 10.3. The van der Waals surface area contributed by atoms with Gasteiger partial charge in [0.25, 0.3) is 0 Å². The van der Waals surface area contributed by atoms with Gasteiger partial charge >= 0.3 is 5.97 Å². The summed E-state index contributed by atoms with van der Waals surface area (Å²) >= 11 is 0. The number of nitrogens with two attached hydrogens (primary N) is 1. The number of esters is 1. The van der Waals surface area contributed by atoms with E-state index in [1.807, 2.05) is 0 Å². The van der Waals surface area contributed by atoms with E-state index in [9.17, 15) is 4.79 Å². The van der Waals surface area contributed by atoms with Crippen LogP contribution in [0.5, 0.6) is 0 Å². The second kappa shape index (κ2) is 3.01. The molecule has 10 heavy (non-hydrogen) atoms. The van der Waals surface area contributed by atoms with Gasteiger partial charge in [0.15, 0.2) is 0 Å². The van der Waals surface area contributed by atoms with Crippen molar-refractivity contribution in [2.45, 2.75) is 38.3 Å². The summed E-state index contributed by atoms with van der Waals surface area (Å²) in [6.45, 7) is 1.43. The highest BCUT2D eigenvalue weighted by Crippen LogP contribution is 2.20. The number of rotatable bonds is 1. The molecule has 1 saturated carbocycles. The molecule has 1 aliphatic rings. The highest BCUT2D eigenvalue weighted by molar-refractivity contribution is 5.66. The van der Waals surface area contributed by atoms with E-state index in [-0.39, 0.29) is 18.1 Å². The van der Waals surface area contributed by atoms with E-state index in [2.05, 4.69) is 0 Å². The Hall–Kier alpha value is -0.570. The predicted octanol–water partition coefficient (Wildman–Crippen LogP) is 0.429. The molecule has 0 aliphatic heterocycles. The lowest BCUT2D eigenvalue weighted by Crippen LogP contribution is -2.18. The van der Waals surface area contributed by atoms with Crippen molar-refractivity contribution in [3.05, 3.63) is 0 Å². The van der Waals surface area contributed by atoms with Crippen LogP contribution in [-0.4, -0.2) is 18.1 Å². The Bertz CT molecular complexity index is 136. The number of carbonyl (C=O) groups is 1. The van der Waals surface area contributed by atoms with E-state index in [1.54, 1.807) is 0 Å². The largest absolute Gasteiger partial charge is 0.463 e. The molecule has 0 aromatic rings. The summed E-state index contributed by atoms with van der Waals surface area (Å²) in [5, 5.41) is 0. The fraction of sp³-hybridized carbons (Fsp3) is 0.857. The van der Waals surface area contributed by atoms with Crippen molar-refractivity contribution in [1.82, 2.24) is 0 Å². The van der Waals surface area contributed by atoms with Gasteiger partial charge in [0.1, 0.15) is 6.10 Å². The van der Waals surface area contributed by atoms with E-state index >= 15 is 0 Å². The fourth-order valence-corrected chi connectivity index (χ4v) is 1.32. The third-order valence-electron chi connectivity index (χ3n) is 1.76. The monoisotopic (exact) mass is 143 g/mol. The number of hydrogen-bond donors (Lipinski definition) is 1. The lowest BCUT2D eigenvalue weighted by molar-refractivity contribution is -0.145. The van der Waals surface area contributed by atoms with Crippen LogP contribution < -0.4 is 5.73 Å². The molecule has 0 saturated heterocycles. The van der Waals surface area contributed by atoms with Gasteiger partial charge in [-0.15, -0.1) is 0 Å². The van der Waals surface area contributed by atoms with Crippen molar-refractivity contribution in [2.24, 2.45) is 5.73 Å². The van der Waals surface area contributed by atoms with Crippen molar-refractivity contribution < 1.29 is 9.53 Å². The highest BCUT2D eigenvalue weighted by atomic mass is 16.5. The normalized spacial score (nSPS) is 32.2. The molecule has 3 heteroatoms. The standard InChI is InChI=1S/C7H13NO2/c1-5(9)10-7-3-2-6(8)4-7/h6-7H,2-4,8H2,1H3. The zero-order chi connectivity index (χ0) is 7.56. The first-order chi connectivity index (χ1) is 4.68. The molecule has 58 valence electrons. The van der Waals surface area contributed by atoms with Crippen LogP contribution in [0.1, 0.15) is 26.2 Å². The molecule has 0 radical (unpaired) electrons. The average Bonchev–Trinajstić information content (AvgIpc) is 2.13. The topological polar surface area (TPSA) is 52.3 Å². The summed E-state index contributed by atoms with van der Waals surface area (Å²) in [5.74, 6) is -0.195. The smallest absolute Gasteiger partial charge is 0.302 e. The number of carbonyl (C=O) groups excluding carboxylic acids is 1. The van der Waals surface area contributed by atoms with Crippen LogP contribution in [0, 0.1) is 0 Å². The molecular weight excluding hydrogens is 130 g/mol. The zero-order valence-electron chi connectivity index (χ0n) is 6.17. The van der Waals surface area contributed by atoms with Gasteiger partial charge in [-0.25, -0.2) is 0 Å². The quantitative estimate of drug-likeness (QED) is 0.541. The van der Waals surface area contributed by atoms with Crippen LogP contribution >= 0.6 is 0 Å². The summed E-state index contributed by atoms with van der Waals surface area (Å²) in [6, 6.07) is 0.240. The van der Waals surface area contributed by atoms with E-state index in [0.29, 0.717) is 0 Å². The lowest BCUT2D eigenvalue weighted by Gasteiger charge is -2.08. The van der Waals surface area contributed by atoms with Crippen LogP contribution in [0.3, 0.4) is 0 Å². The van der Waals surface area contributed by atoms with Gasteiger partial charge in [-0.05, 0) is 19.3 Å². The summed E-state index contributed by atoms with van der Waals surface area (Å²) in [7, 11) is 0. The summed E-state index contributed by atoms with van der Waals surface area (Å²) in [4.78, 5) is 10.4. The third-order valence-corrected chi connectivity index (χ3v) is 1.76. The van der Waals surface area contributed by atoms with Crippen LogP contribution in [0.4, 0.5) is 0 Å². The Morgan fingerprint density at radius 3 is 2.70 bits per heavy atom. The highest BCUT2D eigenvalue weighted by Gasteiger charge is 2.23. The molecule has 1 fully saturated rings. The van der Waals surface area contributed by atoms with Gasteiger partial charge in [0.05, 0.1) is 0 Å². The van der Waals surface area contributed by atoms with Gasteiger partial charge in [0, 0.05) is 13.0 Å². The first kappa shape index (κ1) is 7.54. The van der Waals surface area contributed by atoms with E-state index < -0.39 is 0 Å². The van der Waals surface area contributed by atoms with Crippen molar-refractivity contribution in [3.63, 3.8) is 0 Å². The number of hydrogen-bond acceptors (Lipinski definition) is 3. The fourth-order valence-electron chi connectivity index (χ4n) is 1.32. The second-order valence-corrected chi connectivity index (χ2v) is 2.80. The van der Waals surface area contributed by atoms with Gasteiger partial charge in [0.2, 0.25) is 0 Å². The minimum Gasteiger partial charge on any atom is -0.463 e. The maximum atomic E-state index is 10.4. The molecule has 2 atom stereocenters. The van der Waals surface area contributed by atoms with Crippen LogP contribution in [-0.2, 0) is 9.53 Å². The molecular formula is C7H13NO2. The van der Waals surface area contributed by atoms with Gasteiger partial charge in [-0.2, -0.15) is 0 Å². The van der Waals surface area contributed by atoms with Crippen molar-refractivity contribution in [3.8, 4) is 0 Å². The number of ether oxygens (including phenoxy) is 1. The first-order valence-electron chi connectivity index (χ1n) is 3.61. The summed E-state index contributed by atoms with van der Waals surface area (Å²) in [5.41, 5.74) is 5.61. The van der Waals surface area contributed by atoms with Crippen molar-refractivity contribution in [1.29, 1.82) is 0 Å². The molecule has 1 rings (SSSR count). The third kappa shape index (κ3) is 1.99. The molecule has 0 bridgehead atoms. The minimum atomic E-state index is -0.195. The predicted molar refractivity (Wildman–Crippen MR) is 37.4 cm³/mol. The first-order valence-corrected chi connectivity index (χ1v) is 3.61. The van der Waals surface area contributed by atoms with Crippen molar-refractivity contribution in [2.75, 3.05) is 0 Å². The summed E-state index contributed by atoms with van der Waals surface area (Å²) < 4.78 is 4.96. The maximum absolute atomic E-state index is 10.4. The maximum Gasteiger partial charge on any atom is 0.302 e. The Labute approximate surface area is 60.5 Å². The van der Waals surface area contributed by atoms with E-state index in [0.717, 1.165) is 19.3 Å². The minimum absolute atomic E-state index is 0.0903. The SMILES string of the molecule is CC(=O)OC1CCC(N)C1. The molecule has 0 spiro atoms. The van der Waals surface area contributed by atoms with Crippen LogP contribution in [0.15, 0.2) is 0 Å². The molecule has 0 aromatic carbocycles.